The Morgan fingerprint density at radius 2 is 1.95 bits per heavy atom. The van der Waals surface area contributed by atoms with Gasteiger partial charge < -0.3 is 15.2 Å². The first-order valence-corrected chi connectivity index (χ1v) is 8.38. The van der Waals surface area contributed by atoms with E-state index in [1.54, 1.807) is 6.07 Å². The Hall–Kier alpha value is -0.480. The van der Waals surface area contributed by atoms with E-state index in [1.165, 1.54) is 12.8 Å². The first-order valence-electron chi connectivity index (χ1n) is 7.62. The van der Waals surface area contributed by atoms with Crippen molar-refractivity contribution < 1.29 is 9.84 Å². The third kappa shape index (κ3) is 4.04. The molecule has 3 rings (SSSR count). The lowest BCUT2D eigenvalue weighted by molar-refractivity contribution is 0.00115. The van der Waals surface area contributed by atoms with E-state index in [0.717, 1.165) is 31.2 Å². The van der Waals surface area contributed by atoms with Gasteiger partial charge in [0.2, 0.25) is 0 Å². The summed E-state index contributed by atoms with van der Waals surface area (Å²) >= 11 is 12.4. The smallest absolute Gasteiger partial charge is 0.142 e. The molecular weight excluding hydrogens is 309 g/mol. The molecule has 3 nitrogen and oxygen atoms in total. The summed E-state index contributed by atoms with van der Waals surface area (Å²) in [4.78, 5) is 0. The summed E-state index contributed by atoms with van der Waals surface area (Å²) in [6, 6.07) is 4.18. The largest absolute Gasteiger partial charge is 0.489 e. The van der Waals surface area contributed by atoms with Crippen molar-refractivity contribution in [1.82, 2.24) is 5.32 Å². The second-order valence-electron chi connectivity index (χ2n) is 6.25. The summed E-state index contributed by atoms with van der Waals surface area (Å²) < 4.78 is 5.88. The molecule has 1 aromatic carbocycles. The number of nitrogens with one attached hydrogen (secondary N) is 1. The van der Waals surface area contributed by atoms with Gasteiger partial charge in [0, 0.05) is 23.2 Å². The lowest BCUT2D eigenvalue weighted by Crippen LogP contribution is -2.32. The van der Waals surface area contributed by atoms with Crippen molar-refractivity contribution in [3.05, 3.63) is 27.7 Å². The van der Waals surface area contributed by atoms with Crippen LogP contribution < -0.4 is 10.1 Å². The summed E-state index contributed by atoms with van der Waals surface area (Å²) in [5, 5.41) is 15.0. The maximum atomic E-state index is 10.4. The van der Waals surface area contributed by atoms with E-state index >= 15 is 0 Å². The fraction of sp³-hybridized carbons (Fsp3) is 0.625. The van der Waals surface area contributed by atoms with Gasteiger partial charge in [-0.05, 0) is 37.8 Å². The lowest BCUT2D eigenvalue weighted by Gasteiger charge is -2.24. The van der Waals surface area contributed by atoms with Gasteiger partial charge in [-0.25, -0.2) is 0 Å². The van der Waals surface area contributed by atoms with Crippen LogP contribution in [0, 0.1) is 0 Å². The highest BCUT2D eigenvalue weighted by Gasteiger charge is 2.32. The lowest BCUT2D eigenvalue weighted by atomic mass is 10.0. The van der Waals surface area contributed by atoms with Gasteiger partial charge >= 0.3 is 0 Å². The maximum Gasteiger partial charge on any atom is 0.142 e. The summed E-state index contributed by atoms with van der Waals surface area (Å²) in [7, 11) is 0. The molecule has 2 fully saturated rings. The van der Waals surface area contributed by atoms with E-state index in [9.17, 15) is 5.11 Å². The van der Waals surface area contributed by atoms with Gasteiger partial charge in [-0.1, -0.05) is 36.0 Å². The molecule has 0 heterocycles. The van der Waals surface area contributed by atoms with Crippen molar-refractivity contribution >= 4 is 23.2 Å². The Balaban J connectivity index is 1.71. The summed E-state index contributed by atoms with van der Waals surface area (Å²) in [5.74, 6) is 0.648. The molecule has 0 aromatic heterocycles. The number of hydrogen-bond donors (Lipinski definition) is 2. The summed E-state index contributed by atoms with van der Waals surface area (Å²) in [6.45, 7) is 0.990. The number of benzene rings is 1. The molecule has 0 spiro atoms. The highest BCUT2D eigenvalue weighted by molar-refractivity contribution is 6.35. The van der Waals surface area contributed by atoms with Crippen molar-refractivity contribution in [3.8, 4) is 5.75 Å². The predicted octanol–water partition coefficient (Wildman–Crippen LogP) is 3.93. The summed E-state index contributed by atoms with van der Waals surface area (Å²) in [5.41, 5.74) is 0.255. The second kappa shape index (κ2) is 6.33. The summed E-state index contributed by atoms with van der Waals surface area (Å²) in [6.07, 6.45) is 6.17. The number of rotatable bonds is 6. The Morgan fingerprint density at radius 1 is 1.24 bits per heavy atom. The molecule has 2 N–H and O–H groups in total. The Labute approximate surface area is 135 Å². The molecule has 2 aliphatic rings. The zero-order chi connectivity index (χ0) is 14.9. The first-order chi connectivity index (χ1) is 10.1. The Morgan fingerprint density at radius 3 is 2.62 bits per heavy atom. The van der Waals surface area contributed by atoms with Crippen LogP contribution >= 0.6 is 23.2 Å². The number of hydrogen-bond acceptors (Lipinski definition) is 3. The highest BCUT2D eigenvalue weighted by Crippen LogP contribution is 2.36. The van der Waals surface area contributed by atoms with Crippen LogP contribution in [0.25, 0.3) is 0 Å². The van der Waals surface area contributed by atoms with E-state index in [0.29, 0.717) is 35.0 Å². The first kappa shape index (κ1) is 15.4. The minimum atomic E-state index is -0.704. The topological polar surface area (TPSA) is 41.5 Å². The molecule has 0 bridgehead atoms. The van der Waals surface area contributed by atoms with Gasteiger partial charge in [0.15, 0.2) is 0 Å². The van der Waals surface area contributed by atoms with Crippen LogP contribution in [0.15, 0.2) is 12.1 Å². The van der Waals surface area contributed by atoms with Crippen LogP contribution in [-0.2, 0) is 6.54 Å². The van der Waals surface area contributed by atoms with Gasteiger partial charge in [0.05, 0.1) is 10.6 Å². The SMILES string of the molecule is OC1(COc2c(Cl)cc(Cl)cc2CNC2CC2)CCCC1. The van der Waals surface area contributed by atoms with Crippen LogP contribution in [0.4, 0.5) is 0 Å². The fourth-order valence-electron chi connectivity index (χ4n) is 2.83. The average Bonchev–Trinajstić information content (AvgIpc) is 3.16. The number of aliphatic hydroxyl groups is 1. The van der Waals surface area contributed by atoms with Crippen LogP contribution in [0.5, 0.6) is 5.75 Å². The quantitative estimate of drug-likeness (QED) is 0.830. The van der Waals surface area contributed by atoms with Crippen LogP contribution in [0.1, 0.15) is 44.1 Å². The molecular formula is C16H21Cl2NO2. The zero-order valence-electron chi connectivity index (χ0n) is 12.0. The molecule has 0 atom stereocenters. The standard InChI is InChI=1S/C16H21Cl2NO2/c17-12-7-11(9-19-13-3-4-13)15(14(18)8-12)21-10-16(20)5-1-2-6-16/h7-8,13,19-20H,1-6,9-10H2. The minimum Gasteiger partial charge on any atom is -0.489 e. The third-order valence-electron chi connectivity index (χ3n) is 4.26. The number of halogens is 2. The molecule has 0 unspecified atom stereocenters. The minimum absolute atomic E-state index is 0.296. The van der Waals surface area contributed by atoms with Gasteiger partial charge in [0.1, 0.15) is 12.4 Å². The Kier molecular flexibility index (Phi) is 4.65. The van der Waals surface area contributed by atoms with Crippen LogP contribution in [0.3, 0.4) is 0 Å². The van der Waals surface area contributed by atoms with Crippen LogP contribution in [0.2, 0.25) is 10.0 Å². The van der Waals surface area contributed by atoms with Crippen molar-refractivity contribution in [2.24, 2.45) is 0 Å². The highest BCUT2D eigenvalue weighted by atomic mass is 35.5. The van der Waals surface area contributed by atoms with E-state index in [1.807, 2.05) is 6.07 Å². The van der Waals surface area contributed by atoms with Crippen molar-refractivity contribution in [2.75, 3.05) is 6.61 Å². The van der Waals surface area contributed by atoms with E-state index in [2.05, 4.69) is 5.32 Å². The van der Waals surface area contributed by atoms with E-state index < -0.39 is 5.60 Å². The molecule has 0 aliphatic heterocycles. The Bertz CT molecular complexity index is 511. The normalized spacial score (nSPS) is 20.7. The van der Waals surface area contributed by atoms with Gasteiger partial charge in [-0.3, -0.25) is 0 Å². The molecule has 2 saturated carbocycles. The zero-order valence-corrected chi connectivity index (χ0v) is 13.5. The van der Waals surface area contributed by atoms with Crippen molar-refractivity contribution in [1.29, 1.82) is 0 Å². The molecule has 5 heteroatoms. The maximum absolute atomic E-state index is 10.4. The third-order valence-corrected chi connectivity index (χ3v) is 4.76. The molecule has 0 radical (unpaired) electrons. The van der Waals surface area contributed by atoms with Crippen molar-refractivity contribution in [2.45, 2.75) is 56.7 Å². The fourth-order valence-corrected chi connectivity index (χ4v) is 3.42. The molecule has 116 valence electrons. The van der Waals surface area contributed by atoms with E-state index in [4.69, 9.17) is 27.9 Å². The monoisotopic (exact) mass is 329 g/mol. The molecule has 1 aromatic rings. The van der Waals surface area contributed by atoms with Gasteiger partial charge in [0.25, 0.3) is 0 Å². The van der Waals surface area contributed by atoms with Crippen molar-refractivity contribution in [3.63, 3.8) is 0 Å². The van der Waals surface area contributed by atoms with Gasteiger partial charge in [-0.2, -0.15) is 0 Å². The van der Waals surface area contributed by atoms with Gasteiger partial charge in [-0.15, -0.1) is 0 Å². The second-order valence-corrected chi connectivity index (χ2v) is 7.09. The molecule has 0 saturated heterocycles. The van der Waals surface area contributed by atoms with E-state index in [-0.39, 0.29) is 0 Å². The van der Waals surface area contributed by atoms with Crippen LogP contribution in [-0.4, -0.2) is 23.4 Å². The average molecular weight is 330 g/mol. The molecule has 21 heavy (non-hydrogen) atoms. The predicted molar refractivity (Wildman–Crippen MR) is 85.2 cm³/mol. The molecule has 2 aliphatic carbocycles. The molecule has 0 amide bonds. The number of ether oxygens (including phenoxy) is 1.